The summed E-state index contributed by atoms with van der Waals surface area (Å²) in [6.07, 6.45) is 2.54. The molecule has 0 aliphatic carbocycles. The average Bonchev–Trinajstić information content (AvgIpc) is 3.18. The predicted molar refractivity (Wildman–Crippen MR) is 142 cm³/mol. The molecule has 1 atom stereocenters. The Kier molecular flexibility index (Phi) is 8.13. The second-order valence-electron chi connectivity index (χ2n) is 8.35. The second-order valence-corrected chi connectivity index (χ2v) is 9.36. The molecule has 1 aliphatic heterocycles. The number of carbonyl (C=O) groups is 1. The molecule has 0 radical (unpaired) electrons. The number of carbonyl (C=O) groups excluding carboxylic acids is 1. The topological polar surface area (TPSA) is 99.4 Å². The highest BCUT2D eigenvalue weighted by Gasteiger charge is 2.35. The quantitative estimate of drug-likeness (QED) is 0.431. The molecule has 0 spiro atoms. The van der Waals surface area contributed by atoms with E-state index in [1.807, 2.05) is 38.1 Å². The Morgan fingerprint density at radius 1 is 1.11 bits per heavy atom. The number of fused-ring (bicyclic) bond motifs is 1. The summed E-state index contributed by atoms with van der Waals surface area (Å²) in [5.41, 5.74) is 1.88. The van der Waals surface area contributed by atoms with E-state index < -0.39 is 12.0 Å². The lowest BCUT2D eigenvalue weighted by Crippen LogP contribution is -2.40. The Bertz CT molecular complexity index is 1520. The number of hydrogen-bond acceptors (Lipinski definition) is 8. The standard InChI is InChI=1S/C28H30N2O6S/c1-5-14-36-21-11-9-8-10-19(21)25-24(27(33)35-7-3)17(4)29-28-30(25)26(32)23(37-28)16-18-12-13-20(31)22(15-18)34-6-2/h8-13,15-16,25,31H,5-7,14H2,1-4H3/b23-16-/t25-/m0/s1. The molecule has 9 heteroatoms. The first-order chi connectivity index (χ1) is 17.9. The van der Waals surface area contributed by atoms with E-state index in [2.05, 4.69) is 4.99 Å². The van der Waals surface area contributed by atoms with E-state index in [-0.39, 0.29) is 17.9 Å². The molecule has 1 N–H and O–H groups in total. The fraction of sp³-hybridized carbons (Fsp3) is 0.321. The van der Waals surface area contributed by atoms with E-state index in [9.17, 15) is 14.7 Å². The molecule has 8 nitrogen and oxygen atoms in total. The van der Waals surface area contributed by atoms with Crippen molar-refractivity contribution in [1.29, 1.82) is 0 Å². The van der Waals surface area contributed by atoms with Crippen molar-refractivity contribution in [1.82, 2.24) is 4.57 Å². The van der Waals surface area contributed by atoms with Gasteiger partial charge in [-0.25, -0.2) is 9.79 Å². The molecular weight excluding hydrogens is 492 g/mol. The van der Waals surface area contributed by atoms with Crippen LogP contribution in [0.15, 0.2) is 63.5 Å². The van der Waals surface area contributed by atoms with Gasteiger partial charge < -0.3 is 19.3 Å². The summed E-state index contributed by atoms with van der Waals surface area (Å²) in [4.78, 5) is 32.0. The third kappa shape index (κ3) is 5.32. The largest absolute Gasteiger partial charge is 0.504 e. The van der Waals surface area contributed by atoms with Crippen molar-refractivity contribution in [3.05, 3.63) is 84.5 Å². The van der Waals surface area contributed by atoms with Gasteiger partial charge in [-0.3, -0.25) is 9.36 Å². The molecule has 2 aromatic carbocycles. The highest BCUT2D eigenvalue weighted by Crippen LogP contribution is 2.36. The molecule has 0 bridgehead atoms. The molecule has 0 amide bonds. The van der Waals surface area contributed by atoms with E-state index in [0.717, 1.165) is 6.42 Å². The molecule has 0 saturated heterocycles. The van der Waals surface area contributed by atoms with Crippen LogP contribution in [0.5, 0.6) is 17.2 Å². The van der Waals surface area contributed by atoms with Crippen LogP contribution < -0.4 is 24.4 Å². The minimum atomic E-state index is -0.760. The predicted octanol–water partition coefficient (Wildman–Crippen LogP) is 3.69. The van der Waals surface area contributed by atoms with Crippen molar-refractivity contribution >= 4 is 23.4 Å². The summed E-state index contributed by atoms with van der Waals surface area (Å²) in [6, 6.07) is 11.6. The normalized spacial score (nSPS) is 15.2. The number of aromatic nitrogens is 1. The Balaban J connectivity index is 1.93. The molecule has 1 aliphatic rings. The minimum absolute atomic E-state index is 0.0267. The minimum Gasteiger partial charge on any atom is -0.504 e. The molecule has 3 aromatic rings. The van der Waals surface area contributed by atoms with E-state index >= 15 is 0 Å². The van der Waals surface area contributed by atoms with E-state index in [0.29, 0.717) is 56.4 Å². The number of ether oxygens (including phenoxy) is 3. The van der Waals surface area contributed by atoms with Gasteiger partial charge in [-0.1, -0.05) is 42.5 Å². The molecular formula is C28H30N2O6S. The molecule has 0 saturated carbocycles. The Hall–Kier alpha value is -3.85. The molecule has 37 heavy (non-hydrogen) atoms. The number of aromatic hydroxyl groups is 1. The van der Waals surface area contributed by atoms with E-state index in [1.165, 1.54) is 22.0 Å². The fourth-order valence-electron chi connectivity index (χ4n) is 4.18. The van der Waals surface area contributed by atoms with Crippen LogP contribution in [0.4, 0.5) is 0 Å². The molecule has 4 rings (SSSR count). The van der Waals surface area contributed by atoms with Gasteiger partial charge in [0.1, 0.15) is 11.8 Å². The number of phenols is 1. The first-order valence-corrected chi connectivity index (χ1v) is 13.1. The lowest BCUT2D eigenvalue weighted by Gasteiger charge is -2.26. The molecule has 194 valence electrons. The van der Waals surface area contributed by atoms with Crippen molar-refractivity contribution < 1.29 is 24.1 Å². The van der Waals surface area contributed by atoms with Crippen LogP contribution in [0.2, 0.25) is 0 Å². The Morgan fingerprint density at radius 3 is 2.62 bits per heavy atom. The third-order valence-corrected chi connectivity index (χ3v) is 6.76. The zero-order valence-electron chi connectivity index (χ0n) is 21.3. The van der Waals surface area contributed by atoms with Gasteiger partial charge in [0, 0.05) is 5.56 Å². The lowest BCUT2D eigenvalue weighted by molar-refractivity contribution is -0.139. The van der Waals surface area contributed by atoms with E-state index in [4.69, 9.17) is 14.2 Å². The maximum Gasteiger partial charge on any atom is 0.338 e. The van der Waals surface area contributed by atoms with Gasteiger partial charge >= 0.3 is 5.97 Å². The summed E-state index contributed by atoms with van der Waals surface area (Å²) in [5.74, 6) is 0.441. The first-order valence-electron chi connectivity index (χ1n) is 12.3. The number of allylic oxidation sites excluding steroid dienone is 1. The number of thiazole rings is 1. The Labute approximate surface area is 218 Å². The van der Waals surface area contributed by atoms with Gasteiger partial charge in [-0.15, -0.1) is 0 Å². The van der Waals surface area contributed by atoms with Gasteiger partial charge in [-0.2, -0.15) is 0 Å². The summed E-state index contributed by atoms with van der Waals surface area (Å²) < 4.78 is 18.8. The Morgan fingerprint density at radius 2 is 1.89 bits per heavy atom. The number of phenolic OH excluding ortho intramolecular Hbond substituents is 1. The van der Waals surface area contributed by atoms with Gasteiger partial charge in [-0.05, 0) is 57.0 Å². The van der Waals surface area contributed by atoms with Gasteiger partial charge in [0.2, 0.25) is 0 Å². The summed E-state index contributed by atoms with van der Waals surface area (Å²) in [7, 11) is 0. The van der Waals surface area contributed by atoms with Crippen LogP contribution in [0.25, 0.3) is 6.08 Å². The van der Waals surface area contributed by atoms with Crippen LogP contribution >= 0.6 is 11.3 Å². The molecule has 2 heterocycles. The van der Waals surface area contributed by atoms with Crippen LogP contribution in [-0.4, -0.2) is 35.5 Å². The van der Waals surface area contributed by atoms with Crippen molar-refractivity contribution in [2.45, 2.75) is 40.2 Å². The number of hydrogen-bond donors (Lipinski definition) is 1. The fourth-order valence-corrected chi connectivity index (χ4v) is 5.23. The lowest BCUT2D eigenvalue weighted by atomic mass is 9.95. The second kappa shape index (κ2) is 11.5. The summed E-state index contributed by atoms with van der Waals surface area (Å²) in [6.45, 7) is 8.43. The van der Waals surface area contributed by atoms with Crippen molar-refractivity contribution in [3.63, 3.8) is 0 Å². The highest BCUT2D eigenvalue weighted by molar-refractivity contribution is 7.07. The van der Waals surface area contributed by atoms with Gasteiger partial charge in [0.15, 0.2) is 16.3 Å². The highest BCUT2D eigenvalue weighted by atomic mass is 32.1. The van der Waals surface area contributed by atoms with Crippen LogP contribution in [0, 0.1) is 0 Å². The number of para-hydroxylation sites is 1. The third-order valence-electron chi connectivity index (χ3n) is 5.77. The average molecular weight is 523 g/mol. The number of nitrogens with zero attached hydrogens (tertiary/aromatic N) is 2. The molecule has 1 aromatic heterocycles. The summed E-state index contributed by atoms with van der Waals surface area (Å²) >= 11 is 1.23. The zero-order chi connectivity index (χ0) is 26.5. The first kappa shape index (κ1) is 26.2. The van der Waals surface area contributed by atoms with Crippen molar-refractivity contribution in [2.24, 2.45) is 4.99 Å². The molecule has 0 unspecified atom stereocenters. The van der Waals surface area contributed by atoms with E-state index in [1.54, 1.807) is 32.1 Å². The van der Waals surface area contributed by atoms with Crippen LogP contribution in [-0.2, 0) is 9.53 Å². The zero-order valence-corrected chi connectivity index (χ0v) is 22.1. The number of benzene rings is 2. The molecule has 0 fully saturated rings. The smallest absolute Gasteiger partial charge is 0.338 e. The van der Waals surface area contributed by atoms with Gasteiger partial charge in [0.05, 0.1) is 35.6 Å². The van der Waals surface area contributed by atoms with Crippen LogP contribution in [0.1, 0.15) is 51.3 Å². The SMILES string of the molecule is CCCOc1ccccc1[C@H]1C(C(=O)OCC)=C(C)N=c2s/c(=C\c3ccc(O)c(OCC)c3)c(=O)n21. The maximum atomic E-state index is 13.8. The summed E-state index contributed by atoms with van der Waals surface area (Å²) in [5, 5.41) is 10.0. The van der Waals surface area contributed by atoms with Crippen molar-refractivity contribution in [3.8, 4) is 17.2 Å². The van der Waals surface area contributed by atoms with Crippen LogP contribution in [0.3, 0.4) is 0 Å². The number of esters is 1. The maximum absolute atomic E-state index is 13.8. The van der Waals surface area contributed by atoms with Crippen molar-refractivity contribution in [2.75, 3.05) is 19.8 Å². The van der Waals surface area contributed by atoms with Gasteiger partial charge in [0.25, 0.3) is 5.56 Å². The number of rotatable bonds is 9. The monoisotopic (exact) mass is 522 g/mol.